The number of carboxylic acids is 2. The van der Waals surface area contributed by atoms with Crippen molar-refractivity contribution in [3.63, 3.8) is 0 Å². The number of carboxylic acid groups (broad SMARTS) is 2. The maximum Gasteiger partial charge on any atom is 0.321 e. The van der Waals surface area contributed by atoms with E-state index in [9.17, 15) is 14.4 Å². The SMILES string of the molecule is C[C@H](CCC(=O)O)[C@H]1CC[C@H]2[C@@H]3CC[C@@H]4C[C@@H](NC(=O)C[C@H](N)C(=O)O)CC[C@]4(C)[C@H]3CC[C@]12C. The summed E-state index contributed by atoms with van der Waals surface area (Å²) in [6, 6.07) is -1.02. The summed E-state index contributed by atoms with van der Waals surface area (Å²) >= 11 is 0. The molecule has 1 amide bonds. The van der Waals surface area contributed by atoms with Crippen molar-refractivity contribution in [3.05, 3.63) is 0 Å². The highest BCUT2D eigenvalue weighted by atomic mass is 16.4. The van der Waals surface area contributed by atoms with Crippen molar-refractivity contribution in [1.82, 2.24) is 5.32 Å². The number of hydrogen-bond donors (Lipinski definition) is 4. The standard InChI is InChI=1S/C28H46N2O5/c1-16(4-9-25(32)33)20-7-8-21-19-6-5-17-14-18(30-24(31)15-23(29)26(34)35)10-12-27(17,2)22(19)11-13-28(20,21)3/h16-23H,4-15,29H2,1-3H3,(H,30,31)(H,32,33)(H,34,35)/t16-,17-,18+,19+,20-,21+,22+,23+,27+,28-/m1/s1. The predicted octanol–water partition coefficient (Wildman–Crippen LogP) is 4.43. The van der Waals surface area contributed by atoms with Crippen LogP contribution in [0.2, 0.25) is 0 Å². The lowest BCUT2D eigenvalue weighted by Gasteiger charge is -2.61. The fourth-order valence-electron chi connectivity index (χ4n) is 9.49. The van der Waals surface area contributed by atoms with E-state index in [2.05, 4.69) is 26.1 Å². The number of nitrogens with one attached hydrogen (secondary N) is 1. The number of nitrogens with two attached hydrogens (primary N) is 1. The fourth-order valence-corrected chi connectivity index (χ4v) is 9.49. The van der Waals surface area contributed by atoms with Gasteiger partial charge in [-0.3, -0.25) is 14.4 Å². The number of amides is 1. The maximum atomic E-state index is 12.3. The Morgan fingerprint density at radius 1 is 0.971 bits per heavy atom. The van der Waals surface area contributed by atoms with E-state index in [4.69, 9.17) is 15.9 Å². The third kappa shape index (κ3) is 4.99. The number of hydrogen-bond acceptors (Lipinski definition) is 4. The highest BCUT2D eigenvalue weighted by Gasteiger charge is 2.60. The van der Waals surface area contributed by atoms with Gasteiger partial charge < -0.3 is 21.3 Å². The molecule has 0 unspecified atom stereocenters. The van der Waals surface area contributed by atoms with Crippen LogP contribution in [0.1, 0.15) is 97.8 Å². The minimum absolute atomic E-state index is 0.123. The molecule has 0 radical (unpaired) electrons. The average molecular weight is 491 g/mol. The summed E-state index contributed by atoms with van der Waals surface area (Å²) in [6.45, 7) is 7.31. The van der Waals surface area contributed by atoms with E-state index in [0.717, 1.165) is 43.4 Å². The smallest absolute Gasteiger partial charge is 0.321 e. The monoisotopic (exact) mass is 490 g/mol. The molecule has 4 aliphatic carbocycles. The van der Waals surface area contributed by atoms with E-state index in [1.54, 1.807) is 0 Å². The van der Waals surface area contributed by atoms with Crippen LogP contribution < -0.4 is 11.1 Å². The van der Waals surface area contributed by atoms with Crippen molar-refractivity contribution in [2.75, 3.05) is 0 Å². The van der Waals surface area contributed by atoms with Gasteiger partial charge in [0.1, 0.15) is 6.04 Å². The molecule has 0 saturated heterocycles. The first kappa shape index (κ1) is 26.4. The predicted molar refractivity (Wildman–Crippen MR) is 133 cm³/mol. The van der Waals surface area contributed by atoms with E-state index in [-0.39, 0.29) is 24.8 Å². The Balaban J connectivity index is 1.39. The number of carbonyl (C=O) groups is 3. The molecule has 4 rings (SSSR count). The molecule has 7 nitrogen and oxygen atoms in total. The lowest BCUT2D eigenvalue weighted by atomic mass is 9.44. The Bertz CT molecular complexity index is 832. The molecule has 10 atom stereocenters. The van der Waals surface area contributed by atoms with Gasteiger partial charge >= 0.3 is 11.9 Å². The highest BCUT2D eigenvalue weighted by molar-refractivity contribution is 5.84. The molecule has 0 heterocycles. The second kappa shape index (κ2) is 10.0. The van der Waals surface area contributed by atoms with Crippen molar-refractivity contribution < 1.29 is 24.6 Å². The fraction of sp³-hybridized carbons (Fsp3) is 0.893. The first-order chi connectivity index (χ1) is 16.5. The molecule has 0 aromatic rings. The summed E-state index contributed by atoms with van der Waals surface area (Å²) in [5, 5.41) is 21.2. The summed E-state index contributed by atoms with van der Waals surface area (Å²) in [5.41, 5.74) is 6.21. The molecule has 7 heteroatoms. The number of carbonyl (C=O) groups excluding carboxylic acids is 1. The summed E-state index contributed by atoms with van der Waals surface area (Å²) in [6.07, 6.45) is 11.5. The summed E-state index contributed by atoms with van der Waals surface area (Å²) < 4.78 is 0. The van der Waals surface area contributed by atoms with Gasteiger partial charge in [0.25, 0.3) is 0 Å². The van der Waals surface area contributed by atoms with Gasteiger partial charge in [-0.05, 0) is 111 Å². The Morgan fingerprint density at radius 2 is 1.66 bits per heavy atom. The number of aliphatic carboxylic acids is 2. The molecule has 0 aromatic carbocycles. The summed E-state index contributed by atoms with van der Waals surface area (Å²) in [7, 11) is 0. The molecule has 4 fully saturated rings. The Morgan fingerprint density at radius 3 is 2.34 bits per heavy atom. The van der Waals surface area contributed by atoms with Gasteiger partial charge in [0, 0.05) is 12.5 Å². The quantitative estimate of drug-likeness (QED) is 0.398. The van der Waals surface area contributed by atoms with Gasteiger partial charge in [-0.15, -0.1) is 0 Å². The molecular formula is C28H46N2O5. The molecule has 4 aliphatic rings. The van der Waals surface area contributed by atoms with Crippen LogP contribution in [0.5, 0.6) is 0 Å². The molecule has 0 bridgehead atoms. The molecule has 5 N–H and O–H groups in total. The Labute approximate surface area is 210 Å². The van der Waals surface area contributed by atoms with Crippen LogP contribution in [-0.4, -0.2) is 40.1 Å². The minimum Gasteiger partial charge on any atom is -0.481 e. The summed E-state index contributed by atoms with van der Waals surface area (Å²) in [5.74, 6) is 1.92. The van der Waals surface area contributed by atoms with Crippen LogP contribution >= 0.6 is 0 Å². The molecule has 0 spiro atoms. The Hall–Kier alpha value is -1.63. The van der Waals surface area contributed by atoms with Gasteiger partial charge in [-0.1, -0.05) is 20.8 Å². The normalized spacial score (nSPS) is 42.2. The first-order valence-corrected chi connectivity index (χ1v) is 13.9. The zero-order valence-electron chi connectivity index (χ0n) is 21.8. The van der Waals surface area contributed by atoms with Gasteiger partial charge in [0.05, 0.1) is 6.42 Å². The largest absolute Gasteiger partial charge is 0.481 e. The number of fused-ring (bicyclic) bond motifs is 5. The second-order valence-corrected chi connectivity index (χ2v) is 13.0. The van der Waals surface area contributed by atoms with Crippen molar-refractivity contribution in [2.24, 2.45) is 52.1 Å². The lowest BCUT2D eigenvalue weighted by molar-refractivity contribution is -0.141. The highest BCUT2D eigenvalue weighted by Crippen LogP contribution is 2.68. The van der Waals surface area contributed by atoms with Crippen LogP contribution in [-0.2, 0) is 14.4 Å². The van der Waals surface area contributed by atoms with Gasteiger partial charge in [-0.2, -0.15) is 0 Å². The lowest BCUT2D eigenvalue weighted by Crippen LogP contribution is -2.55. The maximum absolute atomic E-state index is 12.3. The van der Waals surface area contributed by atoms with E-state index >= 15 is 0 Å². The van der Waals surface area contributed by atoms with Crippen LogP contribution in [0.4, 0.5) is 0 Å². The first-order valence-electron chi connectivity index (χ1n) is 13.9. The van der Waals surface area contributed by atoms with E-state index in [0.29, 0.717) is 28.6 Å². The zero-order chi connectivity index (χ0) is 25.5. The third-order valence-corrected chi connectivity index (χ3v) is 11.3. The van der Waals surface area contributed by atoms with Gasteiger partial charge in [-0.25, -0.2) is 0 Å². The van der Waals surface area contributed by atoms with Crippen LogP contribution in [0.15, 0.2) is 0 Å². The summed E-state index contributed by atoms with van der Waals surface area (Å²) in [4.78, 5) is 34.5. The third-order valence-electron chi connectivity index (χ3n) is 11.3. The molecule has 0 aromatic heterocycles. The van der Waals surface area contributed by atoms with Crippen LogP contribution in [0.25, 0.3) is 0 Å². The van der Waals surface area contributed by atoms with Crippen molar-refractivity contribution in [3.8, 4) is 0 Å². The van der Waals surface area contributed by atoms with Crippen LogP contribution in [0.3, 0.4) is 0 Å². The van der Waals surface area contributed by atoms with Crippen molar-refractivity contribution in [1.29, 1.82) is 0 Å². The minimum atomic E-state index is -1.14. The van der Waals surface area contributed by atoms with E-state index in [1.807, 2.05) is 0 Å². The van der Waals surface area contributed by atoms with Crippen LogP contribution in [0, 0.1) is 46.3 Å². The average Bonchev–Trinajstić information content (AvgIpc) is 3.14. The van der Waals surface area contributed by atoms with Gasteiger partial charge in [0.2, 0.25) is 5.91 Å². The molecule has 198 valence electrons. The van der Waals surface area contributed by atoms with E-state index in [1.165, 1.54) is 38.5 Å². The van der Waals surface area contributed by atoms with Crippen molar-refractivity contribution in [2.45, 2.75) is 110 Å². The second-order valence-electron chi connectivity index (χ2n) is 13.0. The topological polar surface area (TPSA) is 130 Å². The Kier molecular flexibility index (Phi) is 7.57. The molecule has 0 aliphatic heterocycles. The van der Waals surface area contributed by atoms with Gasteiger partial charge in [0.15, 0.2) is 0 Å². The zero-order valence-corrected chi connectivity index (χ0v) is 21.8. The molecular weight excluding hydrogens is 444 g/mol. The molecule has 35 heavy (non-hydrogen) atoms. The number of rotatable bonds is 8. The van der Waals surface area contributed by atoms with E-state index < -0.39 is 18.0 Å². The van der Waals surface area contributed by atoms with Crippen molar-refractivity contribution >= 4 is 17.8 Å². The molecule has 4 saturated carbocycles.